The van der Waals surface area contributed by atoms with E-state index in [1.807, 2.05) is 11.4 Å². The van der Waals surface area contributed by atoms with Crippen molar-refractivity contribution in [2.75, 3.05) is 21.3 Å². The normalized spacial score (nSPS) is 12.1. The Labute approximate surface area is 130 Å². The third-order valence-corrected chi connectivity index (χ3v) is 4.84. The lowest BCUT2D eigenvalue weighted by Crippen LogP contribution is -2.05. The van der Waals surface area contributed by atoms with Gasteiger partial charge in [0, 0.05) is 16.6 Å². The SMILES string of the molecule is COc1cc(OC)c(C(O)c2sccc2Br)c(OC)c1. The maximum absolute atomic E-state index is 10.6. The third kappa shape index (κ3) is 2.77. The summed E-state index contributed by atoms with van der Waals surface area (Å²) >= 11 is 4.89. The summed E-state index contributed by atoms with van der Waals surface area (Å²) in [4.78, 5) is 0.798. The molecule has 0 amide bonds. The van der Waals surface area contributed by atoms with Crippen molar-refractivity contribution >= 4 is 27.3 Å². The first kappa shape index (κ1) is 15.2. The topological polar surface area (TPSA) is 47.9 Å². The molecule has 1 N–H and O–H groups in total. The van der Waals surface area contributed by atoms with Crippen LogP contribution in [0.15, 0.2) is 28.1 Å². The van der Waals surface area contributed by atoms with Gasteiger partial charge in [0.2, 0.25) is 0 Å². The van der Waals surface area contributed by atoms with Crippen LogP contribution < -0.4 is 14.2 Å². The minimum absolute atomic E-state index is 0.522. The standard InChI is InChI=1S/C14H15BrO4S/c1-17-8-6-10(18-2)12(11(7-8)19-3)13(16)14-9(15)4-5-20-14/h4-7,13,16H,1-3H3. The summed E-state index contributed by atoms with van der Waals surface area (Å²) in [6.45, 7) is 0. The van der Waals surface area contributed by atoms with Crippen LogP contribution in [0.25, 0.3) is 0 Å². The lowest BCUT2D eigenvalue weighted by Gasteiger charge is -2.19. The lowest BCUT2D eigenvalue weighted by molar-refractivity contribution is 0.211. The molecule has 0 aliphatic rings. The zero-order chi connectivity index (χ0) is 14.7. The predicted octanol–water partition coefficient (Wildman–Crippen LogP) is 3.62. The molecule has 0 spiro atoms. The van der Waals surface area contributed by atoms with E-state index in [9.17, 15) is 5.11 Å². The Bertz CT molecular complexity index is 572. The highest BCUT2D eigenvalue weighted by atomic mass is 79.9. The van der Waals surface area contributed by atoms with Crippen LogP contribution in [0, 0.1) is 0 Å². The van der Waals surface area contributed by atoms with Gasteiger partial charge in [-0.1, -0.05) is 0 Å². The van der Waals surface area contributed by atoms with Crippen LogP contribution in [-0.4, -0.2) is 26.4 Å². The van der Waals surface area contributed by atoms with Gasteiger partial charge in [0.05, 0.1) is 31.8 Å². The Hall–Kier alpha value is -1.24. The van der Waals surface area contributed by atoms with E-state index in [4.69, 9.17) is 14.2 Å². The minimum atomic E-state index is -0.833. The summed E-state index contributed by atoms with van der Waals surface area (Å²) < 4.78 is 16.8. The molecule has 108 valence electrons. The van der Waals surface area contributed by atoms with Gasteiger partial charge in [-0.15, -0.1) is 11.3 Å². The molecular formula is C14H15BrO4S. The molecule has 1 heterocycles. The maximum atomic E-state index is 10.6. The van der Waals surface area contributed by atoms with E-state index < -0.39 is 6.10 Å². The van der Waals surface area contributed by atoms with Crippen LogP contribution in [0.1, 0.15) is 16.5 Å². The first-order chi connectivity index (χ1) is 9.62. The smallest absolute Gasteiger partial charge is 0.132 e. The summed E-state index contributed by atoms with van der Waals surface area (Å²) in [5, 5.41) is 12.5. The molecule has 1 atom stereocenters. The zero-order valence-electron chi connectivity index (χ0n) is 11.3. The van der Waals surface area contributed by atoms with Gasteiger partial charge in [0.1, 0.15) is 23.4 Å². The van der Waals surface area contributed by atoms with E-state index in [0.717, 1.165) is 9.35 Å². The number of hydrogen-bond donors (Lipinski definition) is 1. The summed E-state index contributed by atoms with van der Waals surface area (Å²) in [5.74, 6) is 1.66. The average Bonchev–Trinajstić information content (AvgIpc) is 2.91. The van der Waals surface area contributed by atoms with Crippen molar-refractivity contribution in [1.82, 2.24) is 0 Å². The zero-order valence-corrected chi connectivity index (χ0v) is 13.7. The molecule has 0 saturated carbocycles. The fourth-order valence-corrected chi connectivity index (χ4v) is 3.52. The number of halogens is 1. The Balaban J connectivity index is 2.57. The largest absolute Gasteiger partial charge is 0.496 e. The van der Waals surface area contributed by atoms with E-state index in [0.29, 0.717) is 22.8 Å². The summed E-state index contributed by atoms with van der Waals surface area (Å²) in [6.07, 6.45) is -0.833. The molecule has 1 unspecified atom stereocenters. The van der Waals surface area contributed by atoms with Gasteiger partial charge in [0.15, 0.2) is 0 Å². The van der Waals surface area contributed by atoms with Crippen LogP contribution in [0.4, 0.5) is 0 Å². The number of aliphatic hydroxyl groups excluding tert-OH is 1. The van der Waals surface area contributed by atoms with Crippen LogP contribution in [-0.2, 0) is 0 Å². The number of thiophene rings is 1. The molecule has 0 saturated heterocycles. The molecule has 1 aromatic heterocycles. The van der Waals surface area contributed by atoms with Gasteiger partial charge in [-0.25, -0.2) is 0 Å². The molecule has 6 heteroatoms. The molecule has 0 bridgehead atoms. The molecule has 20 heavy (non-hydrogen) atoms. The van der Waals surface area contributed by atoms with Crippen LogP contribution in [0.3, 0.4) is 0 Å². The Morgan fingerprint density at radius 1 is 1.10 bits per heavy atom. The summed E-state index contributed by atoms with van der Waals surface area (Å²) in [6, 6.07) is 5.34. The Kier molecular flexibility index (Phi) is 4.91. The third-order valence-electron chi connectivity index (χ3n) is 2.92. The van der Waals surface area contributed by atoms with Crippen molar-refractivity contribution < 1.29 is 19.3 Å². The number of hydrogen-bond acceptors (Lipinski definition) is 5. The molecule has 4 nitrogen and oxygen atoms in total. The second-order valence-corrected chi connectivity index (χ2v) is 5.78. The fourth-order valence-electron chi connectivity index (χ4n) is 1.93. The molecule has 0 aliphatic carbocycles. The maximum Gasteiger partial charge on any atom is 0.132 e. The predicted molar refractivity (Wildman–Crippen MR) is 82.2 cm³/mol. The average molecular weight is 359 g/mol. The number of benzene rings is 1. The molecule has 1 aromatic carbocycles. The van der Waals surface area contributed by atoms with E-state index in [2.05, 4.69) is 15.9 Å². The van der Waals surface area contributed by atoms with E-state index >= 15 is 0 Å². The molecule has 0 aliphatic heterocycles. The molecule has 2 aromatic rings. The highest BCUT2D eigenvalue weighted by molar-refractivity contribution is 9.10. The first-order valence-electron chi connectivity index (χ1n) is 5.83. The summed E-state index contributed by atoms with van der Waals surface area (Å²) in [7, 11) is 4.67. The van der Waals surface area contributed by atoms with E-state index in [-0.39, 0.29) is 0 Å². The quantitative estimate of drug-likeness (QED) is 0.886. The minimum Gasteiger partial charge on any atom is -0.496 e. The van der Waals surface area contributed by atoms with Crippen molar-refractivity contribution in [3.63, 3.8) is 0 Å². The first-order valence-corrected chi connectivity index (χ1v) is 7.50. The Morgan fingerprint density at radius 2 is 1.70 bits per heavy atom. The number of ether oxygens (including phenoxy) is 3. The highest BCUT2D eigenvalue weighted by Crippen LogP contribution is 2.43. The van der Waals surface area contributed by atoms with Crippen molar-refractivity contribution in [3.05, 3.63) is 38.5 Å². The highest BCUT2D eigenvalue weighted by Gasteiger charge is 2.24. The number of rotatable bonds is 5. The molecule has 0 fully saturated rings. The van der Waals surface area contributed by atoms with E-state index in [1.54, 1.807) is 33.5 Å². The van der Waals surface area contributed by atoms with Crippen molar-refractivity contribution in [2.24, 2.45) is 0 Å². The van der Waals surface area contributed by atoms with E-state index in [1.165, 1.54) is 11.3 Å². The van der Waals surface area contributed by atoms with Crippen LogP contribution in [0.5, 0.6) is 17.2 Å². The lowest BCUT2D eigenvalue weighted by atomic mass is 10.0. The second-order valence-electron chi connectivity index (χ2n) is 3.98. The van der Waals surface area contributed by atoms with Crippen LogP contribution >= 0.6 is 27.3 Å². The summed E-state index contributed by atoms with van der Waals surface area (Å²) in [5.41, 5.74) is 0.582. The number of aliphatic hydroxyl groups is 1. The fraction of sp³-hybridized carbons (Fsp3) is 0.286. The van der Waals surface area contributed by atoms with Gasteiger partial charge in [-0.05, 0) is 27.4 Å². The number of methoxy groups -OCH3 is 3. The molecule has 0 radical (unpaired) electrons. The molecular weight excluding hydrogens is 344 g/mol. The van der Waals surface area contributed by atoms with Crippen LogP contribution in [0.2, 0.25) is 0 Å². The van der Waals surface area contributed by atoms with Gasteiger partial charge >= 0.3 is 0 Å². The van der Waals surface area contributed by atoms with Gasteiger partial charge < -0.3 is 19.3 Å². The second kappa shape index (κ2) is 6.47. The monoisotopic (exact) mass is 358 g/mol. The van der Waals surface area contributed by atoms with Gasteiger partial charge in [-0.2, -0.15) is 0 Å². The van der Waals surface area contributed by atoms with Crippen molar-refractivity contribution in [1.29, 1.82) is 0 Å². The Morgan fingerprint density at radius 3 is 2.10 bits per heavy atom. The van der Waals surface area contributed by atoms with Crippen molar-refractivity contribution in [3.8, 4) is 17.2 Å². The van der Waals surface area contributed by atoms with Gasteiger partial charge in [0.25, 0.3) is 0 Å². The van der Waals surface area contributed by atoms with Crippen molar-refractivity contribution in [2.45, 2.75) is 6.10 Å². The van der Waals surface area contributed by atoms with Gasteiger partial charge in [-0.3, -0.25) is 0 Å². The molecule has 2 rings (SSSR count).